The highest BCUT2D eigenvalue weighted by Gasteiger charge is 2.38. The van der Waals surface area contributed by atoms with Gasteiger partial charge in [0.1, 0.15) is 6.04 Å². The fourth-order valence-corrected chi connectivity index (χ4v) is 1.92. The Morgan fingerprint density at radius 2 is 2.16 bits per heavy atom. The number of anilines is 1. The lowest BCUT2D eigenvalue weighted by atomic mass is 10.0. The standard InChI is InChI=1S/C12H16N4O3/c1-7-8(6-13-12(14-7)15(2)3)10(17)16-5-4-9(16)11(18)19/h6,9H,4-5H2,1-3H3,(H,18,19)/t9-/m1/s1. The molecule has 0 bridgehead atoms. The molecule has 1 amide bonds. The van der Waals surface area contributed by atoms with Crippen molar-refractivity contribution in [2.45, 2.75) is 19.4 Å². The molecule has 19 heavy (non-hydrogen) atoms. The molecule has 1 aromatic rings. The number of carbonyl (C=O) groups is 2. The van der Waals surface area contributed by atoms with Crippen molar-refractivity contribution in [2.24, 2.45) is 0 Å². The van der Waals surface area contributed by atoms with E-state index in [2.05, 4.69) is 9.97 Å². The Balaban J connectivity index is 2.23. The zero-order chi connectivity index (χ0) is 14.2. The van der Waals surface area contributed by atoms with Crippen LogP contribution in [0, 0.1) is 6.92 Å². The molecule has 1 saturated heterocycles. The number of likely N-dealkylation sites (tertiary alicyclic amines) is 1. The normalized spacial score (nSPS) is 17.8. The molecule has 1 aromatic heterocycles. The van der Waals surface area contributed by atoms with Crippen LogP contribution in [0.4, 0.5) is 5.95 Å². The highest BCUT2D eigenvalue weighted by molar-refractivity contribution is 5.98. The number of hydrogen-bond acceptors (Lipinski definition) is 5. The molecular weight excluding hydrogens is 248 g/mol. The molecule has 1 fully saturated rings. The average Bonchev–Trinajstić information content (AvgIpc) is 2.25. The second-order valence-electron chi connectivity index (χ2n) is 4.70. The lowest BCUT2D eigenvalue weighted by Gasteiger charge is -2.38. The van der Waals surface area contributed by atoms with E-state index in [1.54, 1.807) is 11.8 Å². The van der Waals surface area contributed by atoms with Crippen molar-refractivity contribution in [3.63, 3.8) is 0 Å². The molecule has 0 radical (unpaired) electrons. The summed E-state index contributed by atoms with van der Waals surface area (Å²) in [7, 11) is 3.62. The van der Waals surface area contributed by atoms with Gasteiger partial charge in [0, 0.05) is 26.8 Å². The van der Waals surface area contributed by atoms with Crippen LogP contribution in [0.15, 0.2) is 6.20 Å². The molecule has 1 aliphatic heterocycles. The van der Waals surface area contributed by atoms with Crippen LogP contribution in [0.25, 0.3) is 0 Å². The topological polar surface area (TPSA) is 86.6 Å². The number of nitrogens with zero attached hydrogens (tertiary/aromatic N) is 4. The van der Waals surface area contributed by atoms with Crippen LogP contribution in [-0.2, 0) is 4.79 Å². The Bertz CT molecular complexity index is 530. The van der Waals surface area contributed by atoms with E-state index in [0.717, 1.165) is 0 Å². The maximum absolute atomic E-state index is 12.2. The van der Waals surface area contributed by atoms with Gasteiger partial charge in [-0.25, -0.2) is 14.8 Å². The third-order valence-electron chi connectivity index (χ3n) is 3.16. The summed E-state index contributed by atoms with van der Waals surface area (Å²) in [6.45, 7) is 2.18. The van der Waals surface area contributed by atoms with Gasteiger partial charge in [0.2, 0.25) is 5.95 Å². The van der Waals surface area contributed by atoms with E-state index in [0.29, 0.717) is 30.2 Å². The third-order valence-corrected chi connectivity index (χ3v) is 3.16. The van der Waals surface area contributed by atoms with Gasteiger partial charge in [0.15, 0.2) is 0 Å². The van der Waals surface area contributed by atoms with Gasteiger partial charge in [-0.05, 0) is 13.3 Å². The Morgan fingerprint density at radius 3 is 2.58 bits per heavy atom. The molecule has 0 spiro atoms. The van der Waals surface area contributed by atoms with Gasteiger partial charge in [-0.2, -0.15) is 0 Å². The smallest absolute Gasteiger partial charge is 0.326 e. The summed E-state index contributed by atoms with van der Waals surface area (Å²) in [6, 6.07) is -0.722. The zero-order valence-corrected chi connectivity index (χ0v) is 11.1. The first-order chi connectivity index (χ1) is 8.91. The number of aromatic nitrogens is 2. The number of carboxylic acid groups (broad SMARTS) is 1. The molecule has 2 rings (SSSR count). The van der Waals surface area contributed by atoms with E-state index >= 15 is 0 Å². The van der Waals surface area contributed by atoms with E-state index in [4.69, 9.17) is 5.11 Å². The van der Waals surface area contributed by atoms with Gasteiger partial charge >= 0.3 is 5.97 Å². The van der Waals surface area contributed by atoms with Gasteiger partial charge in [-0.3, -0.25) is 4.79 Å². The summed E-state index contributed by atoms with van der Waals surface area (Å²) in [5.74, 6) is -0.767. The molecule has 1 aliphatic rings. The number of aryl methyl sites for hydroxylation is 1. The van der Waals surface area contributed by atoms with Crippen LogP contribution in [0.5, 0.6) is 0 Å². The van der Waals surface area contributed by atoms with Gasteiger partial charge in [0.05, 0.1) is 11.3 Å². The number of amides is 1. The minimum absolute atomic E-state index is 0.318. The van der Waals surface area contributed by atoms with Crippen molar-refractivity contribution < 1.29 is 14.7 Å². The minimum atomic E-state index is -0.969. The van der Waals surface area contributed by atoms with Crippen LogP contribution in [-0.4, -0.2) is 58.5 Å². The minimum Gasteiger partial charge on any atom is -0.480 e. The molecule has 102 valence electrons. The summed E-state index contributed by atoms with van der Waals surface area (Å²) < 4.78 is 0. The van der Waals surface area contributed by atoms with E-state index < -0.39 is 12.0 Å². The Hall–Kier alpha value is -2.18. The first-order valence-electron chi connectivity index (χ1n) is 5.96. The van der Waals surface area contributed by atoms with Crippen molar-refractivity contribution in [1.29, 1.82) is 0 Å². The molecule has 0 saturated carbocycles. The Morgan fingerprint density at radius 1 is 1.47 bits per heavy atom. The van der Waals surface area contributed by atoms with Gasteiger partial charge in [-0.1, -0.05) is 0 Å². The molecule has 0 aromatic carbocycles. The van der Waals surface area contributed by atoms with Crippen molar-refractivity contribution in [3.8, 4) is 0 Å². The largest absolute Gasteiger partial charge is 0.480 e. The maximum Gasteiger partial charge on any atom is 0.326 e. The summed E-state index contributed by atoms with van der Waals surface area (Å²) in [5, 5.41) is 8.95. The molecule has 0 aliphatic carbocycles. The Kier molecular flexibility index (Phi) is 3.37. The highest BCUT2D eigenvalue weighted by Crippen LogP contribution is 2.22. The van der Waals surface area contributed by atoms with E-state index in [9.17, 15) is 9.59 Å². The average molecular weight is 264 g/mol. The molecule has 1 N–H and O–H groups in total. The summed E-state index contributed by atoms with van der Waals surface area (Å²) >= 11 is 0. The van der Waals surface area contributed by atoms with Crippen molar-refractivity contribution in [1.82, 2.24) is 14.9 Å². The molecule has 7 heteroatoms. The monoisotopic (exact) mass is 264 g/mol. The number of rotatable bonds is 3. The third kappa shape index (κ3) is 2.35. The van der Waals surface area contributed by atoms with Crippen LogP contribution >= 0.6 is 0 Å². The van der Waals surface area contributed by atoms with E-state index in [1.165, 1.54) is 11.1 Å². The second-order valence-corrected chi connectivity index (χ2v) is 4.70. The highest BCUT2D eigenvalue weighted by atomic mass is 16.4. The predicted octanol–water partition coefficient (Wildman–Crippen LogP) is 0.150. The lowest BCUT2D eigenvalue weighted by molar-refractivity contribution is -0.146. The zero-order valence-electron chi connectivity index (χ0n) is 11.1. The number of aliphatic carboxylic acids is 1. The molecule has 0 unspecified atom stereocenters. The number of hydrogen-bond donors (Lipinski definition) is 1. The second kappa shape index (κ2) is 4.83. The van der Waals surface area contributed by atoms with Crippen LogP contribution in [0.3, 0.4) is 0 Å². The lowest BCUT2D eigenvalue weighted by Crippen LogP contribution is -2.55. The quantitative estimate of drug-likeness (QED) is 0.836. The SMILES string of the molecule is Cc1nc(N(C)C)ncc1C(=O)N1CC[C@@H]1C(=O)O. The summed E-state index contributed by atoms with van der Waals surface area (Å²) in [5.41, 5.74) is 0.913. The van der Waals surface area contributed by atoms with Crippen LogP contribution < -0.4 is 4.90 Å². The fourth-order valence-electron chi connectivity index (χ4n) is 1.92. The summed E-state index contributed by atoms with van der Waals surface area (Å²) in [6.07, 6.45) is 1.95. The van der Waals surface area contributed by atoms with Crippen molar-refractivity contribution >= 4 is 17.8 Å². The van der Waals surface area contributed by atoms with Gasteiger partial charge < -0.3 is 14.9 Å². The van der Waals surface area contributed by atoms with Crippen LogP contribution in [0.2, 0.25) is 0 Å². The van der Waals surface area contributed by atoms with Crippen LogP contribution in [0.1, 0.15) is 22.5 Å². The first kappa shape index (κ1) is 13.3. The van der Waals surface area contributed by atoms with Gasteiger partial charge in [-0.15, -0.1) is 0 Å². The van der Waals surface area contributed by atoms with Crippen molar-refractivity contribution in [3.05, 3.63) is 17.5 Å². The molecule has 1 atom stereocenters. The predicted molar refractivity (Wildman–Crippen MR) is 68.2 cm³/mol. The van der Waals surface area contributed by atoms with Gasteiger partial charge in [0.25, 0.3) is 5.91 Å². The Labute approximate surface area is 110 Å². The maximum atomic E-state index is 12.2. The summed E-state index contributed by atoms with van der Waals surface area (Å²) in [4.78, 5) is 34.5. The molecule has 2 heterocycles. The van der Waals surface area contributed by atoms with Crippen molar-refractivity contribution in [2.75, 3.05) is 25.5 Å². The first-order valence-corrected chi connectivity index (χ1v) is 5.96. The molecular formula is C12H16N4O3. The van der Waals surface area contributed by atoms with E-state index in [-0.39, 0.29) is 5.91 Å². The number of carboxylic acids is 1. The number of carbonyl (C=O) groups excluding carboxylic acids is 1. The molecule has 7 nitrogen and oxygen atoms in total. The fraction of sp³-hybridized carbons (Fsp3) is 0.500. The van der Waals surface area contributed by atoms with E-state index in [1.807, 2.05) is 14.1 Å².